The van der Waals surface area contributed by atoms with E-state index in [9.17, 15) is 14.4 Å². The van der Waals surface area contributed by atoms with Gasteiger partial charge >= 0.3 is 5.97 Å². The summed E-state index contributed by atoms with van der Waals surface area (Å²) in [6, 6.07) is 6.27. The molecular weight excluding hydrogens is 346 g/mol. The van der Waals surface area contributed by atoms with Gasteiger partial charge in [0.05, 0.1) is 30.7 Å². The first-order valence-electron chi connectivity index (χ1n) is 9.12. The van der Waals surface area contributed by atoms with Gasteiger partial charge in [0.2, 0.25) is 5.91 Å². The molecular formula is C20H27N3O4. The molecule has 7 nitrogen and oxygen atoms in total. The van der Waals surface area contributed by atoms with Crippen LogP contribution in [0.5, 0.6) is 0 Å². The van der Waals surface area contributed by atoms with Gasteiger partial charge in [-0.05, 0) is 32.3 Å². The van der Waals surface area contributed by atoms with Crippen molar-refractivity contribution in [3.8, 4) is 0 Å². The SMILES string of the molecule is COC(=O)[C@H](CC(C)C)NC(=O)Cc1nn(C(C)C)c(=O)c2ccccc12. The summed E-state index contributed by atoms with van der Waals surface area (Å²) in [4.78, 5) is 37.1. The zero-order valence-corrected chi connectivity index (χ0v) is 16.5. The second-order valence-electron chi connectivity index (χ2n) is 7.29. The van der Waals surface area contributed by atoms with Crippen LogP contribution in [-0.4, -0.2) is 34.8 Å². The molecule has 0 aliphatic rings. The summed E-state index contributed by atoms with van der Waals surface area (Å²) in [5.41, 5.74) is 0.321. The van der Waals surface area contributed by atoms with Crippen LogP contribution in [0.4, 0.5) is 0 Å². The fourth-order valence-electron chi connectivity index (χ4n) is 2.98. The molecule has 1 atom stereocenters. The van der Waals surface area contributed by atoms with Crippen LogP contribution < -0.4 is 10.9 Å². The number of rotatable bonds is 7. The minimum absolute atomic E-state index is 0.0287. The van der Waals surface area contributed by atoms with Gasteiger partial charge < -0.3 is 10.1 Å². The number of ether oxygens (including phenoxy) is 1. The van der Waals surface area contributed by atoms with Gasteiger partial charge in [0, 0.05) is 5.39 Å². The molecule has 1 aromatic carbocycles. The molecule has 0 radical (unpaired) electrons. The highest BCUT2D eigenvalue weighted by Gasteiger charge is 2.23. The quantitative estimate of drug-likeness (QED) is 0.752. The molecule has 1 heterocycles. The number of fused-ring (bicyclic) bond motifs is 1. The Balaban J connectivity index is 2.34. The van der Waals surface area contributed by atoms with Gasteiger partial charge in [-0.15, -0.1) is 0 Å². The normalized spacial score (nSPS) is 12.4. The average molecular weight is 373 g/mol. The van der Waals surface area contributed by atoms with Crippen LogP contribution in [0, 0.1) is 5.92 Å². The number of nitrogens with zero attached hydrogens (tertiary/aromatic N) is 2. The lowest BCUT2D eigenvalue weighted by Crippen LogP contribution is -2.43. The predicted molar refractivity (Wildman–Crippen MR) is 103 cm³/mol. The number of hydrogen-bond donors (Lipinski definition) is 1. The van der Waals surface area contributed by atoms with Crippen molar-refractivity contribution in [2.45, 2.75) is 52.6 Å². The molecule has 27 heavy (non-hydrogen) atoms. The highest BCUT2D eigenvalue weighted by atomic mass is 16.5. The number of hydrogen-bond acceptors (Lipinski definition) is 5. The standard InChI is InChI=1S/C20H27N3O4/c1-12(2)10-17(20(26)27-5)21-18(24)11-16-14-8-6-7-9-15(14)19(25)23(22-16)13(3)4/h6-9,12-13,17H,10-11H2,1-5H3,(H,21,24)/t17-/m0/s1. The first-order valence-corrected chi connectivity index (χ1v) is 9.12. The molecule has 0 saturated carbocycles. The maximum Gasteiger partial charge on any atom is 0.328 e. The van der Waals surface area contributed by atoms with Crippen LogP contribution in [0.3, 0.4) is 0 Å². The Bertz CT molecular complexity index is 886. The molecule has 0 spiro atoms. The summed E-state index contributed by atoms with van der Waals surface area (Å²) in [6.07, 6.45) is 0.456. The fraction of sp³-hybridized carbons (Fsp3) is 0.500. The highest BCUT2D eigenvalue weighted by molar-refractivity contribution is 5.90. The number of esters is 1. The molecule has 2 aromatic rings. The van der Waals surface area contributed by atoms with Gasteiger partial charge in [0.1, 0.15) is 6.04 Å². The number of aromatic nitrogens is 2. The molecule has 1 amide bonds. The van der Waals surface area contributed by atoms with E-state index in [1.807, 2.05) is 27.7 Å². The summed E-state index contributed by atoms with van der Waals surface area (Å²) in [7, 11) is 1.30. The summed E-state index contributed by atoms with van der Waals surface area (Å²) < 4.78 is 6.17. The molecule has 0 bridgehead atoms. The Kier molecular flexibility index (Phi) is 6.71. The minimum atomic E-state index is -0.704. The van der Waals surface area contributed by atoms with E-state index < -0.39 is 12.0 Å². The molecule has 2 rings (SSSR count). The third kappa shape index (κ3) is 4.93. The largest absolute Gasteiger partial charge is 0.467 e. The van der Waals surface area contributed by atoms with Crippen LogP contribution >= 0.6 is 0 Å². The monoisotopic (exact) mass is 373 g/mol. The third-order valence-electron chi connectivity index (χ3n) is 4.25. The van der Waals surface area contributed by atoms with Crippen molar-refractivity contribution in [1.82, 2.24) is 15.1 Å². The maximum atomic E-state index is 12.6. The van der Waals surface area contributed by atoms with Gasteiger partial charge in [0.15, 0.2) is 0 Å². The van der Waals surface area contributed by atoms with E-state index in [2.05, 4.69) is 10.4 Å². The Morgan fingerprint density at radius 3 is 2.33 bits per heavy atom. The number of carbonyl (C=O) groups excluding carboxylic acids is 2. The summed E-state index contributed by atoms with van der Waals surface area (Å²) >= 11 is 0. The summed E-state index contributed by atoms with van der Waals surface area (Å²) in [5, 5.41) is 8.31. The lowest BCUT2D eigenvalue weighted by atomic mass is 10.0. The van der Waals surface area contributed by atoms with Gasteiger partial charge in [-0.1, -0.05) is 32.0 Å². The maximum absolute atomic E-state index is 12.6. The molecule has 0 aliphatic carbocycles. The highest BCUT2D eigenvalue weighted by Crippen LogP contribution is 2.15. The van der Waals surface area contributed by atoms with E-state index in [-0.39, 0.29) is 29.8 Å². The predicted octanol–water partition coefficient (Wildman–Crippen LogP) is 2.22. The van der Waals surface area contributed by atoms with Crippen LogP contribution in [0.1, 0.15) is 45.9 Å². The van der Waals surface area contributed by atoms with Crippen molar-refractivity contribution in [1.29, 1.82) is 0 Å². The Labute approximate surface area is 158 Å². The fourth-order valence-corrected chi connectivity index (χ4v) is 2.98. The molecule has 0 fully saturated rings. The third-order valence-corrected chi connectivity index (χ3v) is 4.25. The first kappa shape index (κ1) is 20.6. The van der Waals surface area contributed by atoms with Crippen molar-refractivity contribution in [2.75, 3.05) is 7.11 Å². The van der Waals surface area contributed by atoms with E-state index in [1.54, 1.807) is 24.3 Å². The van der Waals surface area contributed by atoms with Crippen molar-refractivity contribution in [3.63, 3.8) is 0 Å². The Hall–Kier alpha value is -2.70. The average Bonchev–Trinajstić information content (AvgIpc) is 2.62. The van der Waals surface area contributed by atoms with Crippen LogP contribution in [0.2, 0.25) is 0 Å². The van der Waals surface area contributed by atoms with E-state index in [0.29, 0.717) is 22.9 Å². The molecule has 0 saturated heterocycles. The Morgan fingerprint density at radius 2 is 1.78 bits per heavy atom. The van der Waals surface area contributed by atoms with Gasteiger partial charge in [-0.25, -0.2) is 9.48 Å². The van der Waals surface area contributed by atoms with Crippen molar-refractivity contribution in [3.05, 3.63) is 40.3 Å². The smallest absolute Gasteiger partial charge is 0.328 e. The number of amides is 1. The number of carbonyl (C=O) groups is 2. The zero-order chi connectivity index (χ0) is 20.1. The molecule has 1 aromatic heterocycles. The van der Waals surface area contributed by atoms with Crippen LogP contribution in [0.25, 0.3) is 10.8 Å². The van der Waals surface area contributed by atoms with Crippen LogP contribution in [0.15, 0.2) is 29.1 Å². The lowest BCUT2D eigenvalue weighted by molar-refractivity contribution is -0.145. The molecule has 0 unspecified atom stereocenters. The lowest BCUT2D eigenvalue weighted by Gasteiger charge is -2.19. The number of methoxy groups -OCH3 is 1. The molecule has 1 N–H and O–H groups in total. The van der Waals surface area contributed by atoms with Crippen LogP contribution in [-0.2, 0) is 20.7 Å². The molecule has 146 valence electrons. The van der Waals surface area contributed by atoms with E-state index >= 15 is 0 Å². The zero-order valence-electron chi connectivity index (χ0n) is 16.5. The van der Waals surface area contributed by atoms with Gasteiger partial charge in [-0.2, -0.15) is 5.10 Å². The Morgan fingerprint density at radius 1 is 1.15 bits per heavy atom. The number of nitrogens with one attached hydrogen (secondary N) is 1. The summed E-state index contributed by atoms with van der Waals surface area (Å²) in [5.74, 6) is -0.587. The van der Waals surface area contributed by atoms with Crippen molar-refractivity contribution in [2.24, 2.45) is 5.92 Å². The summed E-state index contributed by atoms with van der Waals surface area (Å²) in [6.45, 7) is 7.66. The number of benzene rings is 1. The van der Waals surface area contributed by atoms with E-state index in [1.165, 1.54) is 11.8 Å². The van der Waals surface area contributed by atoms with E-state index in [4.69, 9.17) is 4.74 Å². The van der Waals surface area contributed by atoms with E-state index in [0.717, 1.165) is 0 Å². The molecule has 7 heteroatoms. The second kappa shape index (κ2) is 8.79. The van der Waals surface area contributed by atoms with Gasteiger partial charge in [-0.3, -0.25) is 9.59 Å². The first-order chi connectivity index (χ1) is 12.7. The minimum Gasteiger partial charge on any atom is -0.467 e. The van der Waals surface area contributed by atoms with Gasteiger partial charge in [0.25, 0.3) is 5.56 Å². The molecule has 0 aliphatic heterocycles. The second-order valence-corrected chi connectivity index (χ2v) is 7.29. The van der Waals surface area contributed by atoms with Crippen molar-refractivity contribution < 1.29 is 14.3 Å². The topological polar surface area (TPSA) is 90.3 Å². The van der Waals surface area contributed by atoms with Crippen molar-refractivity contribution >= 4 is 22.6 Å².